The lowest BCUT2D eigenvalue weighted by atomic mass is 9.82. The molecule has 2 fully saturated rings. The number of fused-ring (bicyclic) bond motifs is 4. The van der Waals surface area contributed by atoms with E-state index < -0.39 is 23.4 Å². The molecule has 1 aliphatic heterocycles. The van der Waals surface area contributed by atoms with Crippen LogP contribution in [-0.2, 0) is 29.3 Å². The smallest absolute Gasteiger partial charge is 0.420 e. The second-order valence-electron chi connectivity index (χ2n) is 9.35. The maximum atomic E-state index is 14.3. The van der Waals surface area contributed by atoms with E-state index in [1.54, 1.807) is 17.1 Å². The van der Waals surface area contributed by atoms with Gasteiger partial charge in [0.2, 0.25) is 5.76 Å². The second kappa shape index (κ2) is 7.69. The molecule has 1 N–H and O–H groups in total. The molecule has 0 aromatic carbocycles. The van der Waals surface area contributed by atoms with Crippen LogP contribution in [0, 0.1) is 0 Å². The largest absolute Gasteiger partial charge is 0.454 e. The molecule has 1 saturated heterocycles. The first-order chi connectivity index (χ1) is 16.3. The minimum Gasteiger partial charge on any atom is -0.454 e. The minimum atomic E-state index is -4.77. The topological polar surface area (TPSA) is 82.2 Å². The molecule has 3 aromatic heterocycles. The van der Waals surface area contributed by atoms with Crippen molar-refractivity contribution < 1.29 is 27.1 Å². The van der Waals surface area contributed by atoms with Gasteiger partial charge in [0, 0.05) is 49.1 Å². The molecule has 178 valence electrons. The van der Waals surface area contributed by atoms with E-state index in [2.05, 4.69) is 15.4 Å². The summed E-state index contributed by atoms with van der Waals surface area (Å²) in [7, 11) is 0. The van der Waals surface area contributed by atoms with E-state index in [1.807, 2.05) is 18.3 Å². The zero-order valence-corrected chi connectivity index (χ0v) is 18.3. The van der Waals surface area contributed by atoms with Crippen LogP contribution in [0.25, 0.3) is 11.3 Å². The molecule has 0 bridgehead atoms. The average molecular weight is 472 g/mol. The van der Waals surface area contributed by atoms with E-state index in [9.17, 15) is 18.0 Å². The zero-order valence-electron chi connectivity index (χ0n) is 18.3. The van der Waals surface area contributed by atoms with Crippen molar-refractivity contribution in [2.24, 2.45) is 0 Å². The first-order valence-electron chi connectivity index (χ1n) is 11.4. The minimum absolute atomic E-state index is 0.101. The van der Waals surface area contributed by atoms with Crippen molar-refractivity contribution >= 4 is 5.91 Å². The Hall–Kier alpha value is -3.14. The Kier molecular flexibility index (Phi) is 4.84. The first kappa shape index (κ1) is 21.4. The number of hydrogen-bond acceptors (Lipinski definition) is 5. The number of pyridine rings is 1. The molecule has 4 heterocycles. The Bertz CT molecular complexity index is 1240. The number of rotatable bonds is 5. The van der Waals surface area contributed by atoms with Gasteiger partial charge in [0.05, 0.1) is 18.2 Å². The van der Waals surface area contributed by atoms with E-state index in [4.69, 9.17) is 9.15 Å². The lowest BCUT2D eigenvalue weighted by Gasteiger charge is -2.20. The molecule has 1 spiro atoms. The number of furan rings is 1. The zero-order chi connectivity index (χ0) is 23.5. The normalized spacial score (nSPS) is 20.3. The lowest BCUT2D eigenvalue weighted by molar-refractivity contribution is -0.137. The van der Waals surface area contributed by atoms with Crippen LogP contribution in [0.2, 0.25) is 0 Å². The van der Waals surface area contributed by atoms with Gasteiger partial charge in [0.25, 0.3) is 5.91 Å². The number of carbonyl (C=O) groups excluding carboxylic acids is 1. The van der Waals surface area contributed by atoms with Crippen LogP contribution in [0.5, 0.6) is 0 Å². The van der Waals surface area contributed by atoms with Gasteiger partial charge >= 0.3 is 6.18 Å². The van der Waals surface area contributed by atoms with E-state index in [0.29, 0.717) is 19.6 Å². The third kappa shape index (κ3) is 3.60. The highest BCUT2D eigenvalue weighted by Crippen LogP contribution is 2.59. The molecular weight excluding hydrogens is 449 g/mol. The number of alkyl halides is 3. The Labute approximate surface area is 193 Å². The van der Waals surface area contributed by atoms with Crippen molar-refractivity contribution in [1.29, 1.82) is 0 Å². The summed E-state index contributed by atoms with van der Waals surface area (Å²) < 4.78 is 55.8. The maximum Gasteiger partial charge on any atom is 0.420 e. The van der Waals surface area contributed by atoms with Crippen molar-refractivity contribution in [3.63, 3.8) is 0 Å². The van der Waals surface area contributed by atoms with Gasteiger partial charge in [-0.1, -0.05) is 0 Å². The van der Waals surface area contributed by atoms with Crippen LogP contribution in [0.3, 0.4) is 0 Å². The Morgan fingerprint density at radius 2 is 2.06 bits per heavy atom. The summed E-state index contributed by atoms with van der Waals surface area (Å²) in [5.41, 5.74) is 0.588. The van der Waals surface area contributed by atoms with Gasteiger partial charge in [0.1, 0.15) is 17.0 Å². The Balaban J connectivity index is 1.40. The van der Waals surface area contributed by atoms with E-state index in [0.717, 1.165) is 36.8 Å². The van der Waals surface area contributed by atoms with Crippen LogP contribution in [0.1, 0.15) is 58.7 Å². The molecule has 6 rings (SSSR count). The van der Waals surface area contributed by atoms with Crippen LogP contribution in [0.4, 0.5) is 13.2 Å². The number of aromatic nitrogens is 3. The van der Waals surface area contributed by atoms with Crippen LogP contribution in [0.15, 0.2) is 35.1 Å². The monoisotopic (exact) mass is 472 g/mol. The van der Waals surface area contributed by atoms with Gasteiger partial charge in [-0.25, -0.2) is 0 Å². The number of carbonyl (C=O) groups is 1. The fourth-order valence-electron chi connectivity index (χ4n) is 5.13. The van der Waals surface area contributed by atoms with Crippen molar-refractivity contribution in [3.8, 4) is 11.3 Å². The lowest BCUT2D eigenvalue weighted by Crippen LogP contribution is -2.32. The van der Waals surface area contributed by atoms with Crippen LogP contribution >= 0.6 is 0 Å². The molecule has 2 aliphatic carbocycles. The van der Waals surface area contributed by atoms with Crippen molar-refractivity contribution in [3.05, 3.63) is 58.9 Å². The highest BCUT2D eigenvalue weighted by molar-refractivity contribution is 5.96. The maximum absolute atomic E-state index is 14.3. The third-order valence-corrected chi connectivity index (χ3v) is 7.00. The molecular formula is C24H23F3N4O3. The molecule has 0 unspecified atom stereocenters. The van der Waals surface area contributed by atoms with Crippen molar-refractivity contribution in [2.75, 3.05) is 13.2 Å². The fourth-order valence-corrected chi connectivity index (χ4v) is 5.13. The number of ether oxygens (including phenoxy) is 1. The molecule has 3 aromatic rings. The van der Waals surface area contributed by atoms with Crippen molar-refractivity contribution in [1.82, 2.24) is 20.1 Å². The van der Waals surface area contributed by atoms with Gasteiger partial charge in [0.15, 0.2) is 0 Å². The summed E-state index contributed by atoms with van der Waals surface area (Å²) in [4.78, 5) is 16.8. The number of amides is 1. The third-order valence-electron chi connectivity index (χ3n) is 7.00. The summed E-state index contributed by atoms with van der Waals surface area (Å²) in [6.45, 7) is 1.16. The van der Waals surface area contributed by atoms with Crippen LogP contribution in [-0.4, -0.2) is 39.9 Å². The summed E-state index contributed by atoms with van der Waals surface area (Å²) >= 11 is 0. The van der Waals surface area contributed by atoms with Gasteiger partial charge in [-0.05, 0) is 43.4 Å². The Morgan fingerprint density at radius 3 is 2.74 bits per heavy atom. The highest BCUT2D eigenvalue weighted by atomic mass is 19.4. The second-order valence-corrected chi connectivity index (χ2v) is 9.35. The average Bonchev–Trinajstić information content (AvgIpc) is 3.17. The molecule has 1 atom stereocenters. The summed E-state index contributed by atoms with van der Waals surface area (Å²) in [6, 6.07) is 3.68. The summed E-state index contributed by atoms with van der Waals surface area (Å²) in [6.07, 6.45) is 3.89. The summed E-state index contributed by atoms with van der Waals surface area (Å²) in [5.74, 6) is -1.38. The predicted molar refractivity (Wildman–Crippen MR) is 114 cm³/mol. The fraction of sp³-hybridized carbons (Fsp3) is 0.458. The van der Waals surface area contributed by atoms with Crippen LogP contribution < -0.4 is 5.32 Å². The first-order valence-corrected chi connectivity index (χ1v) is 11.4. The number of halogens is 3. The van der Waals surface area contributed by atoms with Gasteiger partial charge in [-0.2, -0.15) is 18.3 Å². The van der Waals surface area contributed by atoms with Crippen molar-refractivity contribution in [2.45, 2.75) is 56.3 Å². The molecule has 3 aliphatic rings. The van der Waals surface area contributed by atoms with E-state index >= 15 is 0 Å². The quantitative estimate of drug-likeness (QED) is 0.605. The molecule has 0 radical (unpaired) electrons. The number of nitrogens with zero attached hydrogens (tertiary/aromatic N) is 3. The molecule has 10 heteroatoms. The van der Waals surface area contributed by atoms with Gasteiger partial charge in [-0.3, -0.25) is 14.5 Å². The standard InChI is InChI=1S/C24H23F3N4O3/c25-24(26,27)19-18-17(34-21(19)22(32)29-11-15-2-1-9-33-15)10-23(5-6-23)16-13-31(30-20(16)18)12-14-3-7-28-8-4-14/h3-4,7-8,13,15H,1-2,5-6,9-12H2,(H,29,32)/t15-/m0/s1. The Morgan fingerprint density at radius 1 is 1.26 bits per heavy atom. The predicted octanol–water partition coefficient (Wildman–Crippen LogP) is 4.10. The number of nitrogens with one attached hydrogen (secondary N) is 1. The molecule has 34 heavy (non-hydrogen) atoms. The molecule has 7 nitrogen and oxygen atoms in total. The summed E-state index contributed by atoms with van der Waals surface area (Å²) in [5, 5.41) is 7.13. The van der Waals surface area contributed by atoms with E-state index in [1.165, 1.54) is 0 Å². The highest BCUT2D eigenvalue weighted by Gasteiger charge is 2.55. The van der Waals surface area contributed by atoms with Gasteiger partial charge < -0.3 is 14.5 Å². The SMILES string of the molecule is O=C(NC[C@@H]1CCCO1)c1oc2c(c1C(F)(F)F)-c1nn(Cc3ccncc3)cc1C1(CC1)C2. The van der Waals surface area contributed by atoms with Gasteiger partial charge in [-0.15, -0.1) is 0 Å². The van der Waals surface area contributed by atoms with E-state index in [-0.39, 0.29) is 35.1 Å². The molecule has 1 saturated carbocycles. The molecule has 1 amide bonds. The number of hydrogen-bond donors (Lipinski definition) is 1.